The van der Waals surface area contributed by atoms with Gasteiger partial charge in [0, 0.05) is 12.0 Å². The van der Waals surface area contributed by atoms with Gasteiger partial charge in [0.15, 0.2) is 0 Å². The molecule has 3 aromatic carbocycles. The number of hydrogen-bond donors (Lipinski definition) is 0. The second-order valence-electron chi connectivity index (χ2n) is 7.76. The van der Waals surface area contributed by atoms with Crippen molar-refractivity contribution < 1.29 is 41.9 Å². The lowest BCUT2D eigenvalue weighted by Crippen LogP contribution is -2.30. The average molecular weight is 499 g/mol. The summed E-state index contributed by atoms with van der Waals surface area (Å²) in [6.45, 7) is 0.107. The number of benzene rings is 3. The van der Waals surface area contributed by atoms with Gasteiger partial charge < -0.3 is 9.47 Å². The van der Waals surface area contributed by atoms with Gasteiger partial charge in [0.2, 0.25) is 0 Å². The fourth-order valence-corrected chi connectivity index (χ4v) is 3.65. The monoisotopic (exact) mass is 499 g/mol. The molecule has 0 saturated carbocycles. The third-order valence-corrected chi connectivity index (χ3v) is 5.45. The molecule has 0 atom stereocenters. The van der Waals surface area contributed by atoms with Crippen molar-refractivity contribution in [3.05, 3.63) is 89.0 Å². The highest BCUT2D eigenvalue weighted by Crippen LogP contribution is 2.35. The zero-order valence-corrected chi connectivity index (χ0v) is 19.0. The fourth-order valence-electron chi connectivity index (χ4n) is 3.65. The third-order valence-electron chi connectivity index (χ3n) is 5.45. The molecule has 10 heteroatoms. The van der Waals surface area contributed by atoms with Crippen LogP contribution in [-0.4, -0.2) is 43.2 Å². The topological polar surface area (TPSA) is 82.1 Å². The predicted molar refractivity (Wildman–Crippen MR) is 121 cm³/mol. The molecule has 0 radical (unpaired) electrons. The lowest BCUT2D eigenvalue weighted by Gasteiger charge is -2.15. The van der Waals surface area contributed by atoms with Crippen molar-refractivity contribution in [1.29, 1.82) is 0 Å². The van der Waals surface area contributed by atoms with Crippen LogP contribution < -0.4 is 4.74 Å². The molecule has 0 unspecified atom stereocenters. The maximum Gasteiger partial charge on any atom is 0.416 e. The molecule has 0 fully saturated rings. The Hall–Kier alpha value is -4.18. The predicted octanol–water partition coefficient (Wildman–Crippen LogP) is 5.16. The van der Waals surface area contributed by atoms with Crippen molar-refractivity contribution in [2.75, 3.05) is 20.3 Å². The Bertz CT molecular complexity index is 1270. The second-order valence-corrected chi connectivity index (χ2v) is 7.76. The quantitative estimate of drug-likeness (QED) is 0.242. The Labute approximate surface area is 203 Å². The molecule has 36 heavy (non-hydrogen) atoms. The van der Waals surface area contributed by atoms with Crippen LogP contribution in [0.1, 0.15) is 43.1 Å². The van der Waals surface area contributed by atoms with E-state index in [0.717, 1.165) is 12.1 Å². The van der Waals surface area contributed by atoms with Gasteiger partial charge in [-0.25, -0.2) is 4.79 Å². The van der Waals surface area contributed by atoms with Crippen molar-refractivity contribution in [3.8, 4) is 16.9 Å². The van der Waals surface area contributed by atoms with Crippen molar-refractivity contribution >= 4 is 17.8 Å². The number of ether oxygens (including phenoxy) is 2. The number of hydrogen-bond acceptors (Lipinski definition) is 6. The number of carbonyl (C=O) groups excluding carboxylic acids is 3. The first-order valence-electron chi connectivity index (χ1n) is 10.8. The Balaban J connectivity index is 1.42. The van der Waals surface area contributed by atoms with Crippen LogP contribution in [0, 0.1) is 0 Å². The molecule has 0 bridgehead atoms. The maximum absolute atomic E-state index is 13.0. The first-order chi connectivity index (χ1) is 17.2. The zero-order valence-electron chi connectivity index (χ0n) is 19.0. The summed E-state index contributed by atoms with van der Waals surface area (Å²) in [7, 11) is 1.22. The highest BCUT2D eigenvalue weighted by molar-refractivity contribution is 6.20. The number of carbonyl (C=O) groups is 3. The van der Waals surface area contributed by atoms with E-state index in [9.17, 15) is 27.6 Å². The molecule has 186 valence electrons. The van der Waals surface area contributed by atoms with Gasteiger partial charge in [-0.2, -0.15) is 13.2 Å². The van der Waals surface area contributed by atoms with E-state index in [0.29, 0.717) is 28.4 Å². The van der Waals surface area contributed by atoms with Gasteiger partial charge in [-0.3, -0.25) is 14.4 Å². The molecule has 1 aliphatic heterocycles. The van der Waals surface area contributed by atoms with Gasteiger partial charge in [0.25, 0.3) is 11.8 Å². The molecule has 7 nitrogen and oxygen atoms in total. The minimum atomic E-state index is -4.48. The van der Waals surface area contributed by atoms with Crippen molar-refractivity contribution in [3.63, 3.8) is 0 Å². The van der Waals surface area contributed by atoms with E-state index in [4.69, 9.17) is 14.3 Å². The maximum atomic E-state index is 13.0. The van der Waals surface area contributed by atoms with Gasteiger partial charge >= 0.3 is 12.1 Å². The number of halogens is 3. The van der Waals surface area contributed by atoms with Gasteiger partial charge in [0.05, 0.1) is 42.6 Å². The number of esters is 1. The summed E-state index contributed by atoms with van der Waals surface area (Å²) in [6.07, 6.45) is -4.19. The zero-order chi connectivity index (χ0) is 25.9. The smallest absolute Gasteiger partial charge is 0.416 e. The summed E-state index contributed by atoms with van der Waals surface area (Å²) in [5, 5.41) is 0.712. The molecule has 0 aliphatic carbocycles. The van der Waals surface area contributed by atoms with Crippen LogP contribution in [0.25, 0.3) is 11.1 Å². The van der Waals surface area contributed by atoms with E-state index in [1.165, 1.54) is 37.4 Å². The van der Waals surface area contributed by atoms with Crippen molar-refractivity contribution in [1.82, 2.24) is 5.06 Å². The van der Waals surface area contributed by atoms with Gasteiger partial charge in [-0.05, 0) is 48.0 Å². The van der Waals surface area contributed by atoms with Crippen LogP contribution in [0.15, 0.2) is 66.7 Å². The molecule has 2 amide bonds. The normalized spacial score (nSPS) is 13.1. The molecule has 3 aromatic rings. The second kappa shape index (κ2) is 10.2. The number of methoxy groups -OCH3 is 1. The SMILES string of the molecule is COC(=O)c1ccc(OCCCON2C(=O)c3ccccc3C2=O)c(-c2ccc(C(F)(F)F)cc2)c1. The summed E-state index contributed by atoms with van der Waals surface area (Å²) in [5.74, 6) is -1.37. The van der Waals surface area contributed by atoms with Crippen LogP contribution in [-0.2, 0) is 15.8 Å². The molecular formula is C26H20F3NO6. The van der Waals surface area contributed by atoms with E-state index in [-0.39, 0.29) is 29.9 Å². The average Bonchev–Trinajstić information content (AvgIpc) is 3.12. The number of fused-ring (bicyclic) bond motifs is 1. The number of rotatable bonds is 8. The highest BCUT2D eigenvalue weighted by Gasteiger charge is 2.36. The molecule has 1 heterocycles. The lowest BCUT2D eigenvalue weighted by atomic mass is 10.0. The van der Waals surface area contributed by atoms with E-state index in [1.807, 2.05) is 0 Å². The summed E-state index contributed by atoms with van der Waals surface area (Å²) < 4.78 is 49.4. The van der Waals surface area contributed by atoms with Crippen LogP contribution in [0.2, 0.25) is 0 Å². The number of alkyl halides is 3. The molecule has 1 aliphatic rings. The Morgan fingerprint density at radius 1 is 0.861 bits per heavy atom. The van der Waals surface area contributed by atoms with Crippen LogP contribution >= 0.6 is 0 Å². The van der Waals surface area contributed by atoms with E-state index >= 15 is 0 Å². The first-order valence-corrected chi connectivity index (χ1v) is 10.8. The van der Waals surface area contributed by atoms with Gasteiger partial charge in [-0.15, -0.1) is 5.06 Å². The summed E-state index contributed by atoms with van der Waals surface area (Å²) in [6, 6.07) is 15.3. The van der Waals surface area contributed by atoms with Crippen molar-refractivity contribution in [2.45, 2.75) is 12.6 Å². The fraction of sp³-hybridized carbons (Fsp3) is 0.192. The van der Waals surface area contributed by atoms with Crippen LogP contribution in [0.4, 0.5) is 13.2 Å². The molecule has 0 saturated heterocycles. The molecule has 0 aromatic heterocycles. The summed E-state index contributed by atoms with van der Waals surface area (Å²) in [5.41, 5.74) is 0.743. The Kier molecular flexibility index (Phi) is 7.07. The number of amides is 2. The first kappa shape index (κ1) is 24.9. The molecule has 0 N–H and O–H groups in total. The van der Waals surface area contributed by atoms with E-state index in [1.54, 1.807) is 24.3 Å². The summed E-state index contributed by atoms with van der Waals surface area (Å²) in [4.78, 5) is 42.0. The number of imide groups is 1. The number of nitrogens with zero attached hydrogens (tertiary/aromatic N) is 1. The summed E-state index contributed by atoms with van der Waals surface area (Å²) >= 11 is 0. The van der Waals surface area contributed by atoms with Gasteiger partial charge in [-0.1, -0.05) is 24.3 Å². The highest BCUT2D eigenvalue weighted by atomic mass is 19.4. The van der Waals surface area contributed by atoms with Crippen LogP contribution in [0.5, 0.6) is 5.75 Å². The Morgan fingerprint density at radius 3 is 2.08 bits per heavy atom. The Morgan fingerprint density at radius 2 is 1.50 bits per heavy atom. The minimum Gasteiger partial charge on any atom is -0.493 e. The van der Waals surface area contributed by atoms with Crippen molar-refractivity contribution in [2.24, 2.45) is 0 Å². The molecular weight excluding hydrogens is 479 g/mol. The largest absolute Gasteiger partial charge is 0.493 e. The standard InChI is InChI=1S/C26H20F3NO6/c1-34-25(33)17-9-12-22(21(15-17)16-7-10-18(11-8-16)26(27,28)29)35-13-4-14-36-30-23(31)19-5-2-3-6-20(19)24(30)32/h2-3,5-12,15H,4,13-14H2,1H3. The number of hydroxylamine groups is 2. The van der Waals surface area contributed by atoms with E-state index in [2.05, 4.69) is 0 Å². The molecule has 4 rings (SSSR count). The van der Waals surface area contributed by atoms with Gasteiger partial charge in [0.1, 0.15) is 5.75 Å². The lowest BCUT2D eigenvalue weighted by molar-refractivity contribution is -0.137. The van der Waals surface area contributed by atoms with E-state index < -0.39 is 29.5 Å². The minimum absolute atomic E-state index is 0.00132. The third kappa shape index (κ3) is 5.08. The molecule has 0 spiro atoms. The van der Waals surface area contributed by atoms with Crippen LogP contribution in [0.3, 0.4) is 0 Å².